The molecular weight excluding hydrogens is 304 g/mol. The molecule has 1 aromatic heterocycles. The summed E-state index contributed by atoms with van der Waals surface area (Å²) >= 11 is 6.82. The molecule has 0 N–H and O–H groups in total. The number of fused-ring (bicyclic) bond motifs is 2. The van der Waals surface area contributed by atoms with Gasteiger partial charge in [0.05, 0.1) is 8.00 Å². The van der Waals surface area contributed by atoms with E-state index in [2.05, 4.69) is 15.9 Å². The van der Waals surface area contributed by atoms with Gasteiger partial charge >= 0.3 is 0 Å². The molecule has 80 valence electrons. The first-order valence-corrected chi connectivity index (χ1v) is 7.40. The van der Waals surface area contributed by atoms with Gasteiger partial charge in [-0.1, -0.05) is 24.3 Å². The third-order valence-electron chi connectivity index (χ3n) is 2.53. The number of hydrogen-bond acceptors (Lipinski definition) is 3. The van der Waals surface area contributed by atoms with Crippen molar-refractivity contribution in [2.24, 2.45) is 0 Å². The number of carbonyl (C=O) groups is 1. The van der Waals surface area contributed by atoms with Crippen molar-refractivity contribution >= 4 is 44.8 Å². The molecule has 4 heteroatoms. The van der Waals surface area contributed by atoms with Crippen molar-refractivity contribution in [3.05, 3.63) is 50.8 Å². The molecule has 0 saturated heterocycles. The average Bonchev–Trinajstić information content (AvgIpc) is 2.62. The molecule has 2 heterocycles. The summed E-state index contributed by atoms with van der Waals surface area (Å²) in [7, 11) is 0. The van der Waals surface area contributed by atoms with E-state index in [-0.39, 0.29) is 5.78 Å². The van der Waals surface area contributed by atoms with Crippen molar-refractivity contribution in [1.82, 2.24) is 0 Å². The summed E-state index contributed by atoms with van der Waals surface area (Å²) in [5.74, 6) is 1.03. The molecule has 0 unspecified atom stereocenters. The second-order valence-electron chi connectivity index (χ2n) is 3.53. The maximum absolute atomic E-state index is 12.3. The van der Waals surface area contributed by atoms with Crippen molar-refractivity contribution in [2.45, 2.75) is 9.96 Å². The van der Waals surface area contributed by atoms with Crippen LogP contribution in [0, 0.1) is 0 Å². The van der Waals surface area contributed by atoms with Crippen molar-refractivity contribution < 1.29 is 4.79 Å². The van der Waals surface area contributed by atoms with Crippen LogP contribution in [0.25, 0.3) is 0 Å². The first-order chi connectivity index (χ1) is 7.75. The fraction of sp³-hybridized carbons (Fsp3) is 0.0833. The number of thiophene rings is 1. The van der Waals surface area contributed by atoms with Gasteiger partial charge in [0.25, 0.3) is 0 Å². The second-order valence-corrected chi connectivity index (χ2v) is 7.20. The number of rotatable bonds is 0. The average molecular weight is 311 g/mol. The summed E-state index contributed by atoms with van der Waals surface area (Å²) in [4.78, 5) is 12.3. The highest BCUT2D eigenvalue weighted by Gasteiger charge is 2.23. The minimum absolute atomic E-state index is 0.151. The first kappa shape index (κ1) is 10.6. The predicted octanol–water partition coefficient (Wildman–Crippen LogP) is 4.35. The molecule has 0 amide bonds. The minimum Gasteiger partial charge on any atom is -0.289 e. The summed E-state index contributed by atoms with van der Waals surface area (Å²) in [6.45, 7) is 0. The highest BCUT2D eigenvalue weighted by atomic mass is 79.9. The van der Waals surface area contributed by atoms with Crippen LogP contribution in [-0.2, 0) is 5.75 Å². The lowest BCUT2D eigenvalue weighted by Gasteiger charge is -2.01. The highest BCUT2D eigenvalue weighted by Crippen LogP contribution is 2.40. The Kier molecular flexibility index (Phi) is 2.65. The van der Waals surface area contributed by atoms with Crippen molar-refractivity contribution in [3.63, 3.8) is 0 Å². The van der Waals surface area contributed by atoms with E-state index in [0.29, 0.717) is 0 Å². The molecule has 1 nitrogen and oxygen atoms in total. The Morgan fingerprint density at radius 2 is 2.00 bits per heavy atom. The van der Waals surface area contributed by atoms with Crippen molar-refractivity contribution in [3.8, 4) is 0 Å². The Morgan fingerprint density at radius 3 is 2.88 bits per heavy atom. The summed E-state index contributed by atoms with van der Waals surface area (Å²) in [6.07, 6.45) is 0. The van der Waals surface area contributed by atoms with Crippen molar-refractivity contribution in [1.29, 1.82) is 0 Å². The predicted molar refractivity (Wildman–Crippen MR) is 71.5 cm³/mol. The quantitative estimate of drug-likeness (QED) is 0.719. The van der Waals surface area contributed by atoms with Crippen LogP contribution < -0.4 is 0 Å². The van der Waals surface area contributed by atoms with Gasteiger partial charge < -0.3 is 0 Å². The van der Waals surface area contributed by atoms with E-state index in [9.17, 15) is 4.79 Å². The molecule has 0 bridgehead atoms. The molecular formula is C12H7BrOS2. The molecule has 1 aliphatic heterocycles. The Bertz CT molecular complexity index is 574. The molecule has 1 aliphatic rings. The molecule has 0 radical (unpaired) electrons. The van der Waals surface area contributed by atoms with Crippen LogP contribution in [0.3, 0.4) is 0 Å². The van der Waals surface area contributed by atoms with Gasteiger partial charge in [0.15, 0.2) is 5.78 Å². The van der Waals surface area contributed by atoms with Gasteiger partial charge in [-0.05, 0) is 27.6 Å². The van der Waals surface area contributed by atoms with Crippen LogP contribution in [0.1, 0.15) is 21.5 Å². The van der Waals surface area contributed by atoms with Crippen LogP contribution in [0.4, 0.5) is 0 Å². The molecule has 3 rings (SSSR count). The minimum atomic E-state index is 0.151. The molecule has 0 saturated carbocycles. The number of hydrogen-bond donors (Lipinski definition) is 0. The molecule has 0 fully saturated rings. The van der Waals surface area contributed by atoms with E-state index >= 15 is 0 Å². The third kappa shape index (κ3) is 1.65. The number of carbonyl (C=O) groups excluding carboxylic acids is 1. The number of ketones is 1. The Hall–Kier alpha value is -0.580. The van der Waals surface area contributed by atoms with Crippen molar-refractivity contribution in [2.75, 3.05) is 0 Å². The number of thioether (sulfide) groups is 1. The van der Waals surface area contributed by atoms with Gasteiger partial charge in [-0.3, -0.25) is 4.79 Å². The van der Waals surface area contributed by atoms with Gasteiger partial charge in [0.2, 0.25) is 0 Å². The van der Waals surface area contributed by atoms with Gasteiger partial charge in [-0.15, -0.1) is 23.1 Å². The van der Waals surface area contributed by atoms with E-state index in [1.54, 1.807) is 23.1 Å². The fourth-order valence-corrected chi connectivity index (χ4v) is 4.95. The SMILES string of the molecule is O=C1c2ccccc2CSc2sc(Br)cc21. The third-order valence-corrected chi connectivity index (χ3v) is 5.51. The second kappa shape index (κ2) is 4.02. The smallest absolute Gasteiger partial charge is 0.195 e. The van der Waals surface area contributed by atoms with E-state index in [0.717, 1.165) is 30.4 Å². The van der Waals surface area contributed by atoms with Gasteiger partial charge in [-0.25, -0.2) is 0 Å². The maximum atomic E-state index is 12.3. The zero-order valence-electron chi connectivity index (χ0n) is 8.20. The molecule has 16 heavy (non-hydrogen) atoms. The molecule has 1 aromatic carbocycles. The van der Waals surface area contributed by atoms with Crippen LogP contribution in [0.2, 0.25) is 0 Å². The lowest BCUT2D eigenvalue weighted by molar-refractivity contribution is 0.103. The summed E-state index contributed by atoms with van der Waals surface area (Å²) < 4.78 is 2.14. The standard InChI is InChI=1S/C12H7BrOS2/c13-10-5-9-11(14)8-4-2-1-3-7(8)6-15-12(9)16-10/h1-5H,6H2. The zero-order valence-corrected chi connectivity index (χ0v) is 11.4. The summed E-state index contributed by atoms with van der Waals surface area (Å²) in [5.41, 5.74) is 2.82. The summed E-state index contributed by atoms with van der Waals surface area (Å²) in [5, 5.41) is 0. The Balaban J connectivity index is 2.21. The van der Waals surface area contributed by atoms with E-state index in [1.165, 1.54) is 0 Å². The van der Waals surface area contributed by atoms with Crippen LogP contribution in [0.15, 0.2) is 38.3 Å². The maximum Gasteiger partial charge on any atom is 0.195 e. The lowest BCUT2D eigenvalue weighted by atomic mass is 10.0. The van der Waals surface area contributed by atoms with E-state index in [4.69, 9.17) is 0 Å². The van der Waals surface area contributed by atoms with Crippen LogP contribution in [-0.4, -0.2) is 5.78 Å². The molecule has 0 atom stereocenters. The van der Waals surface area contributed by atoms with Gasteiger partial charge in [0, 0.05) is 16.9 Å². The molecule has 0 aliphatic carbocycles. The van der Waals surface area contributed by atoms with Crippen LogP contribution >= 0.6 is 39.0 Å². The topological polar surface area (TPSA) is 17.1 Å². The van der Waals surface area contributed by atoms with E-state index in [1.807, 2.05) is 30.3 Å². The first-order valence-electron chi connectivity index (χ1n) is 4.80. The number of halogens is 1. The summed E-state index contributed by atoms with van der Waals surface area (Å²) in [6, 6.07) is 9.79. The Labute approximate surface area is 110 Å². The number of benzene rings is 1. The monoisotopic (exact) mass is 310 g/mol. The molecule has 0 spiro atoms. The largest absolute Gasteiger partial charge is 0.289 e. The lowest BCUT2D eigenvalue weighted by Crippen LogP contribution is -2.01. The zero-order chi connectivity index (χ0) is 11.1. The van der Waals surface area contributed by atoms with Gasteiger partial charge in [0.1, 0.15) is 0 Å². The normalized spacial score (nSPS) is 14.2. The Morgan fingerprint density at radius 1 is 1.19 bits per heavy atom. The van der Waals surface area contributed by atoms with E-state index < -0.39 is 0 Å². The fourth-order valence-electron chi connectivity index (χ4n) is 1.77. The van der Waals surface area contributed by atoms with Crippen LogP contribution in [0.5, 0.6) is 0 Å². The molecule has 2 aromatic rings. The van der Waals surface area contributed by atoms with Gasteiger partial charge in [-0.2, -0.15) is 0 Å². The highest BCUT2D eigenvalue weighted by molar-refractivity contribution is 9.11.